The third-order valence-corrected chi connectivity index (χ3v) is 5.23. The number of ether oxygens (including phenoxy) is 3. The number of fused-ring (bicyclic) bond motifs is 1. The Balaban J connectivity index is 1.80. The second kappa shape index (κ2) is 7.21. The highest BCUT2D eigenvalue weighted by molar-refractivity contribution is 7.80. The van der Waals surface area contributed by atoms with Crippen molar-refractivity contribution in [2.75, 3.05) is 18.8 Å². The molecule has 7 nitrogen and oxygen atoms in total. The lowest BCUT2D eigenvalue weighted by Gasteiger charge is -2.30. The third kappa shape index (κ3) is 3.21. The zero-order chi connectivity index (χ0) is 20.7. The van der Waals surface area contributed by atoms with Gasteiger partial charge in [-0.1, -0.05) is 12.1 Å². The minimum atomic E-state index is -0.568. The van der Waals surface area contributed by atoms with Crippen LogP contribution in [0.15, 0.2) is 35.9 Å². The van der Waals surface area contributed by atoms with E-state index in [1.165, 1.54) is 18.1 Å². The Labute approximate surface area is 172 Å². The SMILES string of the molecule is COc1cc2c(cc1/C=C1/C(=O)NC(=S)N(c3cccc(C)c3C)C1=O)OCO2. The molecule has 0 atom stereocenters. The Morgan fingerprint density at radius 2 is 1.90 bits per heavy atom. The number of benzene rings is 2. The first-order valence-corrected chi connectivity index (χ1v) is 9.27. The number of anilines is 1. The highest BCUT2D eigenvalue weighted by atomic mass is 32.1. The maximum atomic E-state index is 13.3. The maximum Gasteiger partial charge on any atom is 0.270 e. The highest BCUT2D eigenvalue weighted by Gasteiger charge is 2.35. The van der Waals surface area contributed by atoms with Crippen LogP contribution in [0.1, 0.15) is 16.7 Å². The van der Waals surface area contributed by atoms with Crippen molar-refractivity contribution in [1.82, 2.24) is 5.32 Å². The quantitative estimate of drug-likeness (QED) is 0.476. The van der Waals surface area contributed by atoms with Crippen LogP contribution in [0.5, 0.6) is 17.2 Å². The van der Waals surface area contributed by atoms with E-state index in [1.807, 2.05) is 26.0 Å². The molecular weight excluding hydrogens is 392 g/mol. The van der Waals surface area contributed by atoms with Crippen LogP contribution in [-0.2, 0) is 9.59 Å². The van der Waals surface area contributed by atoms with Crippen molar-refractivity contribution in [3.63, 3.8) is 0 Å². The zero-order valence-corrected chi connectivity index (χ0v) is 16.9. The number of hydrogen-bond donors (Lipinski definition) is 1. The summed E-state index contributed by atoms with van der Waals surface area (Å²) in [5.74, 6) is 0.437. The van der Waals surface area contributed by atoms with Gasteiger partial charge in [0.05, 0.1) is 12.8 Å². The summed E-state index contributed by atoms with van der Waals surface area (Å²) >= 11 is 5.28. The molecular formula is C21H18N2O5S. The molecule has 0 aromatic heterocycles. The Hall–Kier alpha value is -3.39. The fraction of sp³-hybridized carbons (Fsp3) is 0.190. The van der Waals surface area contributed by atoms with E-state index in [4.69, 9.17) is 26.4 Å². The third-order valence-electron chi connectivity index (χ3n) is 4.94. The first-order chi connectivity index (χ1) is 13.9. The number of amides is 2. The minimum Gasteiger partial charge on any atom is -0.496 e. The number of carbonyl (C=O) groups is 2. The molecule has 0 unspecified atom stereocenters. The largest absolute Gasteiger partial charge is 0.496 e. The number of carbonyl (C=O) groups excluding carboxylic acids is 2. The van der Waals surface area contributed by atoms with Crippen molar-refractivity contribution in [2.24, 2.45) is 0 Å². The van der Waals surface area contributed by atoms with Crippen molar-refractivity contribution in [3.05, 3.63) is 52.6 Å². The number of aryl methyl sites for hydroxylation is 1. The molecule has 1 N–H and O–H groups in total. The molecule has 1 saturated heterocycles. The van der Waals surface area contributed by atoms with Gasteiger partial charge in [-0.15, -0.1) is 0 Å². The van der Waals surface area contributed by atoms with Gasteiger partial charge in [-0.3, -0.25) is 19.8 Å². The summed E-state index contributed by atoms with van der Waals surface area (Å²) in [4.78, 5) is 27.2. The van der Waals surface area contributed by atoms with Crippen molar-refractivity contribution in [3.8, 4) is 17.2 Å². The summed E-state index contributed by atoms with van der Waals surface area (Å²) < 4.78 is 16.1. The van der Waals surface area contributed by atoms with E-state index < -0.39 is 11.8 Å². The second-order valence-electron chi connectivity index (χ2n) is 6.62. The average molecular weight is 410 g/mol. The van der Waals surface area contributed by atoms with Gasteiger partial charge in [0.2, 0.25) is 6.79 Å². The molecule has 2 aromatic carbocycles. The molecule has 8 heteroatoms. The van der Waals surface area contributed by atoms with Crippen LogP contribution in [0, 0.1) is 13.8 Å². The molecule has 0 saturated carbocycles. The van der Waals surface area contributed by atoms with Gasteiger partial charge in [-0.25, -0.2) is 0 Å². The molecule has 0 aliphatic carbocycles. The van der Waals surface area contributed by atoms with E-state index >= 15 is 0 Å². The molecule has 0 radical (unpaired) electrons. The van der Waals surface area contributed by atoms with Crippen molar-refractivity contribution >= 4 is 40.9 Å². The highest BCUT2D eigenvalue weighted by Crippen LogP contribution is 2.39. The van der Waals surface area contributed by atoms with Gasteiger partial charge in [0.1, 0.15) is 11.3 Å². The average Bonchev–Trinajstić information content (AvgIpc) is 3.14. The van der Waals surface area contributed by atoms with E-state index in [2.05, 4.69) is 5.32 Å². The summed E-state index contributed by atoms with van der Waals surface area (Å²) in [5, 5.41) is 2.64. The Morgan fingerprint density at radius 1 is 1.17 bits per heavy atom. The van der Waals surface area contributed by atoms with Crippen LogP contribution in [0.3, 0.4) is 0 Å². The van der Waals surface area contributed by atoms with Gasteiger partial charge in [0, 0.05) is 11.6 Å². The number of nitrogens with one attached hydrogen (secondary N) is 1. The predicted molar refractivity (Wildman–Crippen MR) is 111 cm³/mol. The molecule has 2 aromatic rings. The molecule has 4 rings (SSSR count). The summed E-state index contributed by atoms with van der Waals surface area (Å²) in [6, 6.07) is 8.91. The monoisotopic (exact) mass is 410 g/mol. The van der Waals surface area contributed by atoms with E-state index in [0.717, 1.165) is 11.1 Å². The summed E-state index contributed by atoms with van der Waals surface area (Å²) in [6.45, 7) is 3.96. The van der Waals surface area contributed by atoms with E-state index in [1.54, 1.807) is 18.2 Å². The van der Waals surface area contributed by atoms with Gasteiger partial charge >= 0.3 is 0 Å². The van der Waals surface area contributed by atoms with Crippen molar-refractivity contribution in [2.45, 2.75) is 13.8 Å². The van der Waals surface area contributed by atoms with Gasteiger partial charge < -0.3 is 14.2 Å². The molecule has 2 heterocycles. The molecule has 2 aliphatic heterocycles. The standard InChI is InChI=1S/C21H18N2O5S/c1-11-5-4-6-15(12(11)2)23-20(25)14(19(24)22-21(23)29)7-13-8-17-18(28-10-27-17)9-16(13)26-3/h4-9H,10H2,1-3H3,(H,22,24,29)/b14-7-. The Morgan fingerprint density at radius 3 is 2.62 bits per heavy atom. The smallest absolute Gasteiger partial charge is 0.270 e. The summed E-state index contributed by atoms with van der Waals surface area (Å²) in [5.41, 5.74) is 3.00. The normalized spacial score (nSPS) is 17.0. The first-order valence-electron chi connectivity index (χ1n) is 8.86. The van der Waals surface area contributed by atoms with Crippen molar-refractivity contribution in [1.29, 1.82) is 0 Å². The second-order valence-corrected chi connectivity index (χ2v) is 7.01. The molecule has 2 amide bonds. The van der Waals surface area contributed by atoms with Gasteiger partial charge in [-0.2, -0.15) is 0 Å². The van der Waals surface area contributed by atoms with Gasteiger partial charge in [-0.05, 0) is 55.4 Å². The lowest BCUT2D eigenvalue weighted by Crippen LogP contribution is -2.54. The van der Waals surface area contributed by atoms with Crippen molar-refractivity contribution < 1.29 is 23.8 Å². The van der Waals surface area contributed by atoms with Crippen LogP contribution >= 0.6 is 12.2 Å². The van der Waals surface area contributed by atoms with Crippen LogP contribution in [0.2, 0.25) is 0 Å². The Kier molecular flexibility index (Phi) is 4.71. The van der Waals surface area contributed by atoms with E-state index in [0.29, 0.717) is 28.5 Å². The molecule has 2 aliphatic rings. The van der Waals surface area contributed by atoms with Crippen LogP contribution in [0.4, 0.5) is 5.69 Å². The molecule has 0 spiro atoms. The minimum absolute atomic E-state index is 0.0449. The van der Waals surface area contributed by atoms with Crippen LogP contribution in [-0.4, -0.2) is 30.8 Å². The Bertz CT molecular complexity index is 1090. The number of hydrogen-bond acceptors (Lipinski definition) is 6. The topological polar surface area (TPSA) is 77.1 Å². The molecule has 29 heavy (non-hydrogen) atoms. The predicted octanol–water partition coefficient (Wildman–Crippen LogP) is 2.87. The van der Waals surface area contributed by atoms with Gasteiger partial charge in [0.25, 0.3) is 11.8 Å². The summed E-state index contributed by atoms with van der Waals surface area (Å²) in [6.07, 6.45) is 1.47. The fourth-order valence-corrected chi connectivity index (χ4v) is 3.51. The number of thiocarbonyl (C=S) groups is 1. The zero-order valence-electron chi connectivity index (χ0n) is 16.1. The maximum absolute atomic E-state index is 13.3. The molecule has 0 bridgehead atoms. The van der Waals surface area contributed by atoms with E-state index in [9.17, 15) is 9.59 Å². The fourth-order valence-electron chi connectivity index (χ4n) is 3.24. The molecule has 148 valence electrons. The van der Waals surface area contributed by atoms with Crippen LogP contribution < -0.4 is 24.4 Å². The van der Waals surface area contributed by atoms with Gasteiger partial charge in [0.15, 0.2) is 16.6 Å². The summed E-state index contributed by atoms with van der Waals surface area (Å²) in [7, 11) is 1.50. The lowest BCUT2D eigenvalue weighted by molar-refractivity contribution is -0.122. The number of rotatable bonds is 3. The van der Waals surface area contributed by atoms with E-state index in [-0.39, 0.29) is 17.5 Å². The first kappa shape index (κ1) is 18.9. The number of methoxy groups -OCH3 is 1. The lowest BCUT2D eigenvalue weighted by atomic mass is 10.0. The number of nitrogens with zero attached hydrogens (tertiary/aromatic N) is 1. The van der Waals surface area contributed by atoms with Crippen LogP contribution in [0.25, 0.3) is 6.08 Å². The molecule has 1 fully saturated rings.